The quantitative estimate of drug-likeness (QED) is 0.856. The second-order valence-electron chi connectivity index (χ2n) is 5.21. The summed E-state index contributed by atoms with van der Waals surface area (Å²) in [5, 5.41) is 4.04. The molecule has 5 nitrogen and oxygen atoms in total. The summed E-state index contributed by atoms with van der Waals surface area (Å²) >= 11 is 0. The summed E-state index contributed by atoms with van der Waals surface area (Å²) in [7, 11) is 0. The van der Waals surface area contributed by atoms with Crippen molar-refractivity contribution < 1.29 is 9.26 Å². The van der Waals surface area contributed by atoms with Crippen molar-refractivity contribution in [3.8, 4) is 0 Å². The number of nitrogens with zero attached hydrogens (tertiary/aromatic N) is 2. The van der Waals surface area contributed by atoms with Crippen molar-refractivity contribution in [2.24, 2.45) is 11.7 Å². The van der Waals surface area contributed by atoms with Gasteiger partial charge in [-0.15, -0.1) is 0 Å². The fourth-order valence-corrected chi connectivity index (χ4v) is 2.18. The number of nitrogens with two attached hydrogens (primary N) is 1. The standard InChI is InChI=1S/C12H21N3O2/c1-9(2)7-10-14-11(17-15-10)12(8-13)3-5-16-6-4-12/h9H,3-8,13H2,1-2H3. The van der Waals surface area contributed by atoms with Crippen molar-refractivity contribution in [3.63, 3.8) is 0 Å². The Morgan fingerprint density at radius 2 is 2.06 bits per heavy atom. The zero-order chi connectivity index (χ0) is 12.3. The second-order valence-corrected chi connectivity index (χ2v) is 5.21. The molecule has 17 heavy (non-hydrogen) atoms. The zero-order valence-corrected chi connectivity index (χ0v) is 10.6. The molecule has 96 valence electrons. The number of ether oxygens (including phenoxy) is 1. The van der Waals surface area contributed by atoms with Crippen LogP contribution in [0.25, 0.3) is 0 Å². The summed E-state index contributed by atoms with van der Waals surface area (Å²) in [6.45, 7) is 6.27. The van der Waals surface area contributed by atoms with Crippen molar-refractivity contribution in [2.45, 2.75) is 38.5 Å². The first-order valence-corrected chi connectivity index (χ1v) is 6.27. The van der Waals surface area contributed by atoms with Crippen LogP contribution in [0.5, 0.6) is 0 Å². The molecule has 1 aliphatic rings. The first-order chi connectivity index (χ1) is 8.16. The molecule has 1 aliphatic heterocycles. The molecule has 2 rings (SSSR count). The summed E-state index contributed by atoms with van der Waals surface area (Å²) in [4.78, 5) is 4.50. The van der Waals surface area contributed by atoms with E-state index in [1.54, 1.807) is 0 Å². The summed E-state index contributed by atoms with van der Waals surface area (Å²) in [6, 6.07) is 0. The van der Waals surface area contributed by atoms with Gasteiger partial charge < -0.3 is 15.0 Å². The Labute approximate surface area is 102 Å². The molecule has 0 unspecified atom stereocenters. The lowest BCUT2D eigenvalue weighted by atomic mass is 9.80. The third-order valence-electron chi connectivity index (χ3n) is 3.35. The average Bonchev–Trinajstić information content (AvgIpc) is 2.78. The molecule has 2 heterocycles. The lowest BCUT2D eigenvalue weighted by molar-refractivity contribution is 0.0409. The molecule has 1 fully saturated rings. The monoisotopic (exact) mass is 239 g/mol. The highest BCUT2D eigenvalue weighted by Crippen LogP contribution is 2.32. The van der Waals surface area contributed by atoms with Crippen molar-refractivity contribution in [2.75, 3.05) is 19.8 Å². The minimum Gasteiger partial charge on any atom is -0.381 e. The molecule has 2 N–H and O–H groups in total. The molecule has 1 aromatic rings. The number of hydrogen-bond acceptors (Lipinski definition) is 5. The maximum absolute atomic E-state index is 5.90. The molecule has 0 amide bonds. The van der Waals surface area contributed by atoms with E-state index in [2.05, 4.69) is 24.0 Å². The van der Waals surface area contributed by atoms with Crippen LogP contribution in [-0.4, -0.2) is 29.9 Å². The second kappa shape index (κ2) is 5.14. The van der Waals surface area contributed by atoms with Gasteiger partial charge in [-0.05, 0) is 18.8 Å². The van der Waals surface area contributed by atoms with Gasteiger partial charge in [0.2, 0.25) is 5.89 Å². The minimum atomic E-state index is -0.166. The predicted molar refractivity (Wildman–Crippen MR) is 63.6 cm³/mol. The average molecular weight is 239 g/mol. The Hall–Kier alpha value is -0.940. The van der Waals surface area contributed by atoms with Crippen LogP contribution in [0.3, 0.4) is 0 Å². The van der Waals surface area contributed by atoms with E-state index in [1.807, 2.05) is 0 Å². The molecule has 0 aliphatic carbocycles. The fraction of sp³-hybridized carbons (Fsp3) is 0.833. The van der Waals surface area contributed by atoms with Gasteiger partial charge in [-0.3, -0.25) is 0 Å². The molecule has 0 bridgehead atoms. The maximum atomic E-state index is 5.90. The van der Waals surface area contributed by atoms with E-state index in [9.17, 15) is 0 Å². The highest BCUT2D eigenvalue weighted by molar-refractivity contribution is 5.08. The van der Waals surface area contributed by atoms with Gasteiger partial charge >= 0.3 is 0 Å². The predicted octanol–water partition coefficient (Wildman–Crippen LogP) is 1.28. The van der Waals surface area contributed by atoms with Crippen LogP contribution in [0.15, 0.2) is 4.52 Å². The first-order valence-electron chi connectivity index (χ1n) is 6.27. The lowest BCUT2D eigenvalue weighted by Gasteiger charge is -2.32. The van der Waals surface area contributed by atoms with E-state index in [4.69, 9.17) is 15.0 Å². The number of rotatable bonds is 4. The molecular formula is C12H21N3O2. The van der Waals surface area contributed by atoms with Crippen molar-refractivity contribution in [1.82, 2.24) is 10.1 Å². The van der Waals surface area contributed by atoms with E-state index in [1.165, 1.54) is 0 Å². The Morgan fingerprint density at radius 1 is 1.35 bits per heavy atom. The highest BCUT2D eigenvalue weighted by atomic mass is 16.5. The Morgan fingerprint density at radius 3 is 2.65 bits per heavy atom. The van der Waals surface area contributed by atoms with E-state index in [0.29, 0.717) is 18.4 Å². The van der Waals surface area contributed by atoms with Gasteiger partial charge in [-0.2, -0.15) is 4.98 Å². The Bertz CT molecular complexity index is 356. The SMILES string of the molecule is CC(C)Cc1noc(C2(CN)CCOCC2)n1. The molecule has 0 spiro atoms. The number of aromatic nitrogens is 2. The molecule has 0 atom stereocenters. The van der Waals surface area contributed by atoms with Gasteiger partial charge in [0.1, 0.15) is 0 Å². The van der Waals surface area contributed by atoms with Crippen LogP contribution < -0.4 is 5.73 Å². The highest BCUT2D eigenvalue weighted by Gasteiger charge is 2.38. The summed E-state index contributed by atoms with van der Waals surface area (Å²) in [5.74, 6) is 2.01. The first kappa shape index (κ1) is 12.5. The molecule has 0 saturated carbocycles. The normalized spacial score (nSPS) is 19.8. The van der Waals surface area contributed by atoms with Crippen LogP contribution in [0, 0.1) is 5.92 Å². The van der Waals surface area contributed by atoms with Crippen LogP contribution in [-0.2, 0) is 16.6 Å². The Kier molecular flexibility index (Phi) is 3.79. The van der Waals surface area contributed by atoms with Gasteiger partial charge in [-0.25, -0.2) is 0 Å². The van der Waals surface area contributed by atoms with Crippen LogP contribution >= 0.6 is 0 Å². The molecule has 5 heteroatoms. The largest absolute Gasteiger partial charge is 0.381 e. The van der Waals surface area contributed by atoms with E-state index in [0.717, 1.165) is 38.3 Å². The summed E-state index contributed by atoms with van der Waals surface area (Å²) in [6.07, 6.45) is 2.58. The molecule has 1 saturated heterocycles. The van der Waals surface area contributed by atoms with Crippen LogP contribution in [0.4, 0.5) is 0 Å². The van der Waals surface area contributed by atoms with Crippen LogP contribution in [0.2, 0.25) is 0 Å². The number of hydrogen-bond donors (Lipinski definition) is 1. The van der Waals surface area contributed by atoms with Crippen molar-refractivity contribution >= 4 is 0 Å². The summed E-state index contributed by atoms with van der Waals surface area (Å²) < 4.78 is 10.8. The van der Waals surface area contributed by atoms with Gasteiger partial charge in [-0.1, -0.05) is 19.0 Å². The maximum Gasteiger partial charge on any atom is 0.234 e. The fourth-order valence-electron chi connectivity index (χ4n) is 2.18. The zero-order valence-electron chi connectivity index (χ0n) is 10.6. The van der Waals surface area contributed by atoms with E-state index >= 15 is 0 Å². The van der Waals surface area contributed by atoms with Crippen molar-refractivity contribution in [3.05, 3.63) is 11.7 Å². The summed E-state index contributed by atoms with van der Waals surface area (Å²) in [5.41, 5.74) is 5.73. The van der Waals surface area contributed by atoms with E-state index in [-0.39, 0.29) is 5.41 Å². The smallest absolute Gasteiger partial charge is 0.234 e. The molecule has 1 aromatic heterocycles. The van der Waals surface area contributed by atoms with Gasteiger partial charge in [0.05, 0.1) is 5.41 Å². The molecular weight excluding hydrogens is 218 g/mol. The topological polar surface area (TPSA) is 74.2 Å². The lowest BCUT2D eigenvalue weighted by Crippen LogP contribution is -2.40. The molecule has 0 aromatic carbocycles. The third kappa shape index (κ3) is 2.66. The van der Waals surface area contributed by atoms with Gasteiger partial charge in [0.25, 0.3) is 0 Å². The van der Waals surface area contributed by atoms with Gasteiger partial charge in [0, 0.05) is 26.2 Å². The Balaban J connectivity index is 2.16. The molecule has 0 radical (unpaired) electrons. The van der Waals surface area contributed by atoms with Gasteiger partial charge in [0.15, 0.2) is 5.82 Å². The third-order valence-corrected chi connectivity index (χ3v) is 3.35. The minimum absolute atomic E-state index is 0.166. The van der Waals surface area contributed by atoms with E-state index < -0.39 is 0 Å². The van der Waals surface area contributed by atoms with Crippen LogP contribution in [0.1, 0.15) is 38.4 Å². The van der Waals surface area contributed by atoms with Crippen molar-refractivity contribution in [1.29, 1.82) is 0 Å².